The Morgan fingerprint density at radius 3 is 2.73 bits per heavy atom. The first kappa shape index (κ1) is 14.8. The molecule has 0 spiro atoms. The molecule has 0 N–H and O–H groups in total. The maximum atomic E-state index is 11.7. The van der Waals surface area contributed by atoms with Gasteiger partial charge in [-0.1, -0.05) is 29.3 Å². The van der Waals surface area contributed by atoms with E-state index >= 15 is 0 Å². The second-order valence-corrected chi connectivity index (χ2v) is 5.21. The molecule has 2 heterocycles. The van der Waals surface area contributed by atoms with Crippen LogP contribution in [0.25, 0.3) is 11.3 Å². The summed E-state index contributed by atoms with van der Waals surface area (Å²) in [4.78, 5) is 11.7. The van der Waals surface area contributed by atoms with Gasteiger partial charge in [-0.3, -0.25) is 0 Å². The molecule has 3 rings (SSSR count). The Kier molecular flexibility index (Phi) is 4.22. The molecular weight excluding hydrogens is 327 g/mol. The molecule has 6 heteroatoms. The van der Waals surface area contributed by atoms with Crippen LogP contribution in [0, 0.1) is 0 Å². The molecule has 0 radical (unpaired) electrons. The van der Waals surface area contributed by atoms with E-state index < -0.39 is 5.97 Å². The van der Waals surface area contributed by atoms with E-state index in [4.69, 9.17) is 36.8 Å². The van der Waals surface area contributed by atoms with Crippen LogP contribution in [-0.4, -0.2) is 5.97 Å². The van der Waals surface area contributed by atoms with Gasteiger partial charge in [0.1, 0.15) is 18.1 Å². The Bertz CT molecular complexity index is 790. The van der Waals surface area contributed by atoms with Gasteiger partial charge < -0.3 is 13.6 Å². The third kappa shape index (κ3) is 3.03. The fourth-order valence-electron chi connectivity index (χ4n) is 1.90. The molecule has 1 aromatic carbocycles. The molecule has 0 aliphatic heterocycles. The molecule has 0 aliphatic carbocycles. The Morgan fingerprint density at radius 1 is 1.09 bits per heavy atom. The number of hydrogen-bond donors (Lipinski definition) is 0. The Balaban J connectivity index is 1.71. The van der Waals surface area contributed by atoms with E-state index in [1.165, 1.54) is 12.3 Å². The van der Waals surface area contributed by atoms with E-state index in [2.05, 4.69) is 0 Å². The van der Waals surface area contributed by atoms with Crippen LogP contribution in [0.2, 0.25) is 10.0 Å². The molecule has 22 heavy (non-hydrogen) atoms. The summed E-state index contributed by atoms with van der Waals surface area (Å²) in [6, 6.07) is 11.9. The predicted octanol–water partition coefficient (Wildman–Crippen LogP) is 5.20. The average Bonchev–Trinajstić information content (AvgIpc) is 3.19. The molecule has 0 amide bonds. The van der Waals surface area contributed by atoms with Gasteiger partial charge in [0.05, 0.1) is 16.3 Å². The maximum absolute atomic E-state index is 11.7. The molecule has 0 unspecified atom stereocenters. The van der Waals surface area contributed by atoms with Crippen LogP contribution in [0.5, 0.6) is 0 Å². The van der Waals surface area contributed by atoms with Crippen molar-refractivity contribution in [3.05, 3.63) is 70.3 Å². The molecule has 2 aromatic heterocycles. The number of ether oxygens (including phenoxy) is 1. The summed E-state index contributed by atoms with van der Waals surface area (Å²) in [5.41, 5.74) is 0.678. The second-order valence-electron chi connectivity index (χ2n) is 4.42. The number of halogens is 2. The fraction of sp³-hybridized carbons (Fsp3) is 0.0625. The fourth-order valence-corrected chi connectivity index (χ4v) is 2.29. The Hall–Kier alpha value is -2.17. The van der Waals surface area contributed by atoms with Crippen LogP contribution < -0.4 is 0 Å². The highest BCUT2D eigenvalue weighted by Gasteiger charge is 2.14. The first-order valence-electron chi connectivity index (χ1n) is 6.39. The lowest BCUT2D eigenvalue weighted by atomic mass is 10.2. The van der Waals surface area contributed by atoms with Crippen molar-refractivity contribution in [2.24, 2.45) is 0 Å². The van der Waals surface area contributed by atoms with Crippen LogP contribution >= 0.6 is 23.2 Å². The molecule has 3 aromatic rings. The van der Waals surface area contributed by atoms with Gasteiger partial charge in [-0.05, 0) is 36.4 Å². The van der Waals surface area contributed by atoms with E-state index in [0.717, 1.165) is 0 Å². The molecule has 112 valence electrons. The Morgan fingerprint density at radius 2 is 1.95 bits per heavy atom. The van der Waals surface area contributed by atoms with Crippen molar-refractivity contribution in [3.63, 3.8) is 0 Å². The topological polar surface area (TPSA) is 52.6 Å². The van der Waals surface area contributed by atoms with Gasteiger partial charge >= 0.3 is 5.97 Å². The standard InChI is InChI=1S/C16H10Cl2O4/c17-12-4-1-3-11(15(12)18)13-7-6-10(22-13)9-21-16(19)14-5-2-8-20-14/h1-8H,9H2. The highest BCUT2D eigenvalue weighted by Crippen LogP contribution is 2.34. The minimum absolute atomic E-state index is 0.00226. The van der Waals surface area contributed by atoms with Crippen molar-refractivity contribution < 1.29 is 18.4 Å². The van der Waals surface area contributed by atoms with Crippen molar-refractivity contribution in [2.45, 2.75) is 6.61 Å². The number of carbonyl (C=O) groups is 1. The monoisotopic (exact) mass is 336 g/mol. The first-order valence-corrected chi connectivity index (χ1v) is 7.14. The normalized spacial score (nSPS) is 10.6. The maximum Gasteiger partial charge on any atom is 0.374 e. The molecule has 0 bridgehead atoms. The summed E-state index contributed by atoms with van der Waals surface area (Å²) in [6.07, 6.45) is 1.41. The second kappa shape index (κ2) is 6.30. The van der Waals surface area contributed by atoms with E-state index in [1.807, 2.05) is 0 Å². The predicted molar refractivity (Wildman–Crippen MR) is 82.0 cm³/mol. The van der Waals surface area contributed by atoms with E-state index in [1.54, 1.807) is 36.4 Å². The zero-order valence-electron chi connectivity index (χ0n) is 11.2. The van der Waals surface area contributed by atoms with Gasteiger partial charge in [-0.25, -0.2) is 4.79 Å². The SMILES string of the molecule is O=C(OCc1ccc(-c2cccc(Cl)c2Cl)o1)c1ccco1. The zero-order chi connectivity index (χ0) is 15.5. The van der Waals surface area contributed by atoms with Crippen LogP contribution in [0.4, 0.5) is 0 Å². The highest BCUT2D eigenvalue weighted by molar-refractivity contribution is 6.43. The summed E-state index contributed by atoms with van der Waals surface area (Å²) in [7, 11) is 0. The number of carbonyl (C=O) groups excluding carboxylic acids is 1. The summed E-state index contributed by atoms with van der Waals surface area (Å²) in [6.45, 7) is -0.00226. The summed E-state index contributed by atoms with van der Waals surface area (Å²) in [5.74, 6) is 0.635. The minimum atomic E-state index is -0.552. The lowest BCUT2D eigenvalue weighted by Crippen LogP contribution is -2.03. The van der Waals surface area contributed by atoms with Gasteiger partial charge in [0.2, 0.25) is 5.76 Å². The smallest absolute Gasteiger partial charge is 0.374 e. The molecule has 0 aliphatic rings. The number of rotatable bonds is 4. The molecule has 0 saturated carbocycles. The number of hydrogen-bond acceptors (Lipinski definition) is 4. The van der Waals surface area contributed by atoms with Crippen molar-refractivity contribution in [3.8, 4) is 11.3 Å². The molecule has 0 fully saturated rings. The third-order valence-corrected chi connectivity index (χ3v) is 3.77. The number of esters is 1. The third-order valence-electron chi connectivity index (χ3n) is 2.95. The summed E-state index contributed by atoms with van der Waals surface area (Å²) < 4.78 is 15.7. The largest absolute Gasteiger partial charge is 0.457 e. The van der Waals surface area contributed by atoms with E-state index in [9.17, 15) is 4.79 Å². The lowest BCUT2D eigenvalue weighted by molar-refractivity contribution is 0.0410. The van der Waals surface area contributed by atoms with Gasteiger partial charge in [0, 0.05) is 5.56 Å². The summed E-state index contributed by atoms with van der Waals surface area (Å²) >= 11 is 12.1. The van der Waals surface area contributed by atoms with Crippen molar-refractivity contribution >= 4 is 29.2 Å². The van der Waals surface area contributed by atoms with E-state index in [0.29, 0.717) is 27.1 Å². The Labute approximate surface area is 136 Å². The van der Waals surface area contributed by atoms with Crippen LogP contribution in [0.15, 0.2) is 57.6 Å². The highest BCUT2D eigenvalue weighted by atomic mass is 35.5. The number of furan rings is 2. The van der Waals surface area contributed by atoms with Gasteiger partial charge in [0.15, 0.2) is 0 Å². The lowest BCUT2D eigenvalue weighted by Gasteiger charge is -2.03. The van der Waals surface area contributed by atoms with E-state index in [-0.39, 0.29) is 12.4 Å². The van der Waals surface area contributed by atoms with Crippen molar-refractivity contribution in [1.82, 2.24) is 0 Å². The molecular formula is C16H10Cl2O4. The average molecular weight is 337 g/mol. The quantitative estimate of drug-likeness (QED) is 0.614. The van der Waals surface area contributed by atoms with Gasteiger partial charge in [0.25, 0.3) is 0 Å². The summed E-state index contributed by atoms with van der Waals surface area (Å²) in [5, 5.41) is 0.860. The van der Waals surface area contributed by atoms with Crippen LogP contribution in [-0.2, 0) is 11.3 Å². The van der Waals surface area contributed by atoms with Crippen molar-refractivity contribution in [1.29, 1.82) is 0 Å². The van der Waals surface area contributed by atoms with Crippen LogP contribution in [0.3, 0.4) is 0 Å². The van der Waals surface area contributed by atoms with Crippen molar-refractivity contribution in [2.75, 3.05) is 0 Å². The zero-order valence-corrected chi connectivity index (χ0v) is 12.7. The molecule has 0 atom stereocenters. The molecule has 4 nitrogen and oxygen atoms in total. The number of benzene rings is 1. The van der Waals surface area contributed by atoms with Gasteiger partial charge in [-0.2, -0.15) is 0 Å². The minimum Gasteiger partial charge on any atom is -0.457 e. The van der Waals surface area contributed by atoms with Gasteiger partial charge in [-0.15, -0.1) is 0 Å². The van der Waals surface area contributed by atoms with Crippen LogP contribution in [0.1, 0.15) is 16.3 Å². The first-order chi connectivity index (χ1) is 10.6. The molecule has 0 saturated heterocycles.